The molecule has 24 heavy (non-hydrogen) atoms. The molecule has 0 unspecified atom stereocenters. The molecule has 1 atom stereocenters. The van der Waals surface area contributed by atoms with E-state index in [1.807, 2.05) is 17.0 Å². The predicted molar refractivity (Wildman–Crippen MR) is 95.6 cm³/mol. The number of amides is 1. The Hall–Kier alpha value is -1.39. The maximum absolute atomic E-state index is 12.6. The van der Waals surface area contributed by atoms with E-state index in [9.17, 15) is 9.90 Å². The van der Waals surface area contributed by atoms with Gasteiger partial charge in [-0.3, -0.25) is 9.69 Å². The summed E-state index contributed by atoms with van der Waals surface area (Å²) < 4.78 is 0. The van der Waals surface area contributed by atoms with Crippen LogP contribution < -0.4 is 0 Å². The average molecular weight is 330 g/mol. The minimum absolute atomic E-state index is 0.0939. The number of nitrogens with zero attached hydrogens (tertiary/aromatic N) is 2. The summed E-state index contributed by atoms with van der Waals surface area (Å²) in [4.78, 5) is 16.9. The summed E-state index contributed by atoms with van der Waals surface area (Å²) >= 11 is 0. The van der Waals surface area contributed by atoms with Gasteiger partial charge in [-0.05, 0) is 49.8 Å². The molecule has 1 aliphatic heterocycles. The summed E-state index contributed by atoms with van der Waals surface area (Å²) in [5.41, 5.74) is 2.24. The molecule has 1 heterocycles. The number of likely N-dealkylation sites (N-methyl/N-ethyl adjacent to an activating group) is 1. The predicted octanol–water partition coefficient (Wildman–Crippen LogP) is 2.44. The molecule has 2 aliphatic rings. The van der Waals surface area contributed by atoms with Crippen molar-refractivity contribution in [2.45, 2.75) is 51.2 Å². The summed E-state index contributed by atoms with van der Waals surface area (Å²) in [6.07, 6.45) is 7.18. The summed E-state index contributed by atoms with van der Waals surface area (Å²) in [5.74, 6) is 0.829. The van der Waals surface area contributed by atoms with Gasteiger partial charge in [-0.25, -0.2) is 0 Å². The zero-order chi connectivity index (χ0) is 16.9. The highest BCUT2D eigenvalue weighted by atomic mass is 16.3. The molecule has 0 aromatic heterocycles. The zero-order valence-electron chi connectivity index (χ0n) is 14.8. The van der Waals surface area contributed by atoms with Crippen LogP contribution in [0, 0.1) is 5.92 Å². The molecule has 1 aromatic carbocycles. The van der Waals surface area contributed by atoms with E-state index in [2.05, 4.69) is 24.1 Å². The van der Waals surface area contributed by atoms with Crippen LogP contribution in [0.1, 0.15) is 43.2 Å². The van der Waals surface area contributed by atoms with Crippen LogP contribution in [0.25, 0.3) is 0 Å². The summed E-state index contributed by atoms with van der Waals surface area (Å²) in [6, 6.07) is 8.77. The molecule has 1 N–H and O–H groups in total. The Kier molecular flexibility index (Phi) is 5.90. The first kappa shape index (κ1) is 17.4. The number of carbonyl (C=O) groups is 1. The molecule has 0 bridgehead atoms. The Morgan fingerprint density at radius 2 is 2.00 bits per heavy atom. The second kappa shape index (κ2) is 8.13. The lowest BCUT2D eigenvalue weighted by Gasteiger charge is -2.26. The molecule has 4 nitrogen and oxygen atoms in total. The fourth-order valence-corrected chi connectivity index (χ4v) is 4.20. The van der Waals surface area contributed by atoms with Gasteiger partial charge in [0, 0.05) is 19.1 Å². The number of carbonyl (C=O) groups excluding carboxylic acids is 1. The number of benzene rings is 1. The van der Waals surface area contributed by atoms with Crippen LogP contribution in [-0.4, -0.2) is 53.5 Å². The fourth-order valence-electron chi connectivity index (χ4n) is 4.20. The van der Waals surface area contributed by atoms with Crippen molar-refractivity contribution in [3.05, 3.63) is 35.4 Å². The summed E-state index contributed by atoms with van der Waals surface area (Å²) in [6.45, 7) is 2.43. The highest BCUT2D eigenvalue weighted by Gasteiger charge is 2.28. The largest absolute Gasteiger partial charge is 0.392 e. The van der Waals surface area contributed by atoms with Crippen LogP contribution in [0.2, 0.25) is 0 Å². The molecular formula is C20H30N2O2. The van der Waals surface area contributed by atoms with Crippen molar-refractivity contribution in [2.24, 2.45) is 5.92 Å². The first-order valence-electron chi connectivity index (χ1n) is 9.32. The SMILES string of the molecule is CN(CC(=O)N1CC[C@H](Cc2cccc(CO)c2)C1)C1CCCC1. The van der Waals surface area contributed by atoms with Crippen molar-refractivity contribution in [2.75, 3.05) is 26.7 Å². The minimum Gasteiger partial charge on any atom is -0.392 e. The summed E-state index contributed by atoms with van der Waals surface area (Å²) in [5, 5.41) is 9.25. The first-order valence-corrected chi connectivity index (χ1v) is 9.32. The van der Waals surface area contributed by atoms with Crippen molar-refractivity contribution in [3.63, 3.8) is 0 Å². The third-order valence-electron chi connectivity index (χ3n) is 5.67. The lowest BCUT2D eigenvalue weighted by Crippen LogP contribution is -2.41. The molecule has 2 fully saturated rings. The van der Waals surface area contributed by atoms with Crippen LogP contribution in [0.5, 0.6) is 0 Å². The molecule has 1 saturated heterocycles. The van der Waals surface area contributed by atoms with Gasteiger partial charge in [-0.2, -0.15) is 0 Å². The van der Waals surface area contributed by atoms with Gasteiger partial charge < -0.3 is 10.0 Å². The van der Waals surface area contributed by atoms with Crippen molar-refractivity contribution in [1.82, 2.24) is 9.80 Å². The standard InChI is InChI=1S/C20H30N2O2/c1-21(19-7-2-3-8-19)14-20(24)22-10-9-17(13-22)11-16-5-4-6-18(12-16)15-23/h4-6,12,17,19,23H,2-3,7-11,13-15H2,1H3/t17-/m1/s1. The first-order chi connectivity index (χ1) is 11.7. The maximum atomic E-state index is 12.6. The van der Waals surface area contributed by atoms with Crippen molar-refractivity contribution in [3.8, 4) is 0 Å². The van der Waals surface area contributed by atoms with Crippen LogP contribution in [0.3, 0.4) is 0 Å². The second-order valence-corrected chi connectivity index (χ2v) is 7.53. The van der Waals surface area contributed by atoms with Gasteiger partial charge in [0.05, 0.1) is 13.2 Å². The highest BCUT2D eigenvalue weighted by molar-refractivity contribution is 5.78. The van der Waals surface area contributed by atoms with Crippen LogP contribution in [0.4, 0.5) is 0 Å². The minimum atomic E-state index is 0.0939. The number of hydrogen-bond acceptors (Lipinski definition) is 3. The Labute approximate surface area is 145 Å². The van der Waals surface area contributed by atoms with Gasteiger partial charge >= 0.3 is 0 Å². The molecule has 1 aliphatic carbocycles. The zero-order valence-corrected chi connectivity index (χ0v) is 14.8. The second-order valence-electron chi connectivity index (χ2n) is 7.53. The van der Waals surface area contributed by atoms with E-state index < -0.39 is 0 Å². The number of rotatable bonds is 6. The van der Waals surface area contributed by atoms with E-state index in [0.29, 0.717) is 18.5 Å². The third kappa shape index (κ3) is 4.37. The van der Waals surface area contributed by atoms with Crippen LogP contribution >= 0.6 is 0 Å². The van der Waals surface area contributed by atoms with Crippen molar-refractivity contribution >= 4 is 5.91 Å². The molecule has 1 amide bonds. The van der Waals surface area contributed by atoms with Crippen molar-refractivity contribution < 1.29 is 9.90 Å². The molecule has 0 spiro atoms. The average Bonchev–Trinajstić information content (AvgIpc) is 3.26. The lowest BCUT2D eigenvalue weighted by molar-refractivity contribution is -0.131. The normalized spacial score (nSPS) is 21.8. The highest BCUT2D eigenvalue weighted by Crippen LogP contribution is 2.24. The fraction of sp³-hybridized carbons (Fsp3) is 0.650. The van der Waals surface area contributed by atoms with Gasteiger partial charge in [-0.15, -0.1) is 0 Å². The van der Waals surface area contributed by atoms with Gasteiger partial charge in [0.25, 0.3) is 0 Å². The molecule has 1 aromatic rings. The lowest BCUT2D eigenvalue weighted by atomic mass is 9.97. The monoisotopic (exact) mass is 330 g/mol. The molecule has 4 heteroatoms. The maximum Gasteiger partial charge on any atom is 0.236 e. The molecule has 3 rings (SSSR count). The Bertz CT molecular complexity index is 554. The third-order valence-corrected chi connectivity index (χ3v) is 5.67. The number of aliphatic hydroxyl groups is 1. The molecule has 0 radical (unpaired) electrons. The molecule has 132 valence electrons. The molecule has 1 saturated carbocycles. The number of likely N-dealkylation sites (tertiary alicyclic amines) is 1. The topological polar surface area (TPSA) is 43.8 Å². The van der Waals surface area contributed by atoms with Gasteiger partial charge in [0.1, 0.15) is 0 Å². The van der Waals surface area contributed by atoms with Gasteiger partial charge in [-0.1, -0.05) is 37.1 Å². The Morgan fingerprint density at radius 1 is 1.25 bits per heavy atom. The number of hydrogen-bond donors (Lipinski definition) is 1. The smallest absolute Gasteiger partial charge is 0.236 e. The number of aliphatic hydroxyl groups excluding tert-OH is 1. The van der Waals surface area contributed by atoms with Crippen LogP contribution in [-0.2, 0) is 17.8 Å². The van der Waals surface area contributed by atoms with Gasteiger partial charge in [0.15, 0.2) is 0 Å². The van der Waals surface area contributed by atoms with E-state index >= 15 is 0 Å². The van der Waals surface area contributed by atoms with Gasteiger partial charge in [0.2, 0.25) is 5.91 Å². The molecular weight excluding hydrogens is 300 g/mol. The van der Waals surface area contributed by atoms with Crippen molar-refractivity contribution in [1.29, 1.82) is 0 Å². The quantitative estimate of drug-likeness (QED) is 0.871. The van der Waals surface area contributed by atoms with E-state index in [4.69, 9.17) is 0 Å². The Balaban J connectivity index is 1.48. The van der Waals surface area contributed by atoms with E-state index in [0.717, 1.165) is 31.5 Å². The Morgan fingerprint density at radius 3 is 2.75 bits per heavy atom. The van der Waals surface area contributed by atoms with E-state index in [1.54, 1.807) is 0 Å². The summed E-state index contributed by atoms with van der Waals surface area (Å²) in [7, 11) is 2.10. The van der Waals surface area contributed by atoms with Crippen LogP contribution in [0.15, 0.2) is 24.3 Å². The van der Waals surface area contributed by atoms with E-state index in [-0.39, 0.29) is 12.5 Å². The van der Waals surface area contributed by atoms with E-state index in [1.165, 1.54) is 31.2 Å².